The highest BCUT2D eigenvalue weighted by Gasteiger charge is 2.01. The number of esters is 1. The number of hydrogen-bond donors (Lipinski definition) is 0. The Labute approximate surface area is 104 Å². The molecular formula is C15H21O2. The van der Waals surface area contributed by atoms with Crippen molar-refractivity contribution in [1.82, 2.24) is 0 Å². The van der Waals surface area contributed by atoms with Crippen molar-refractivity contribution < 1.29 is 9.53 Å². The molecule has 0 saturated heterocycles. The highest BCUT2D eigenvalue weighted by atomic mass is 16.5. The Morgan fingerprint density at radius 1 is 1.12 bits per heavy atom. The monoisotopic (exact) mass is 233 g/mol. The Kier molecular flexibility index (Phi) is 7.12. The summed E-state index contributed by atoms with van der Waals surface area (Å²) in [7, 11) is 0. The van der Waals surface area contributed by atoms with Gasteiger partial charge in [-0.25, -0.2) is 0 Å². The van der Waals surface area contributed by atoms with Gasteiger partial charge in [-0.05, 0) is 31.2 Å². The van der Waals surface area contributed by atoms with Gasteiger partial charge in [0.2, 0.25) is 0 Å². The van der Waals surface area contributed by atoms with E-state index >= 15 is 0 Å². The normalized spacial score (nSPS) is 10.2. The summed E-state index contributed by atoms with van der Waals surface area (Å²) in [6, 6.07) is 10.4. The maximum Gasteiger partial charge on any atom is 0.305 e. The molecule has 0 amide bonds. The third-order valence-electron chi connectivity index (χ3n) is 2.60. The van der Waals surface area contributed by atoms with Gasteiger partial charge >= 0.3 is 5.97 Å². The minimum absolute atomic E-state index is 0.0895. The molecule has 1 radical (unpaired) electrons. The average molecular weight is 233 g/mol. The Balaban J connectivity index is 1.99. The van der Waals surface area contributed by atoms with Crippen LogP contribution in [0.2, 0.25) is 0 Å². The Hall–Kier alpha value is -1.31. The third-order valence-corrected chi connectivity index (χ3v) is 2.60. The van der Waals surface area contributed by atoms with Crippen molar-refractivity contribution in [1.29, 1.82) is 0 Å². The number of benzene rings is 1. The molecule has 2 heteroatoms. The topological polar surface area (TPSA) is 26.3 Å². The Bertz CT molecular complexity index is 306. The zero-order valence-corrected chi connectivity index (χ0v) is 10.4. The van der Waals surface area contributed by atoms with Crippen molar-refractivity contribution in [2.24, 2.45) is 0 Å². The average Bonchev–Trinajstić information content (AvgIpc) is 2.37. The number of carbonyl (C=O) groups excluding carboxylic acids is 1. The van der Waals surface area contributed by atoms with Crippen LogP contribution < -0.4 is 0 Å². The highest BCUT2D eigenvalue weighted by molar-refractivity contribution is 5.69. The van der Waals surface area contributed by atoms with Crippen LogP contribution in [-0.4, -0.2) is 12.6 Å². The van der Waals surface area contributed by atoms with E-state index in [0.29, 0.717) is 13.0 Å². The predicted molar refractivity (Wildman–Crippen MR) is 69.5 cm³/mol. The quantitative estimate of drug-likeness (QED) is 0.507. The van der Waals surface area contributed by atoms with Gasteiger partial charge in [0.25, 0.3) is 0 Å². The zero-order chi connectivity index (χ0) is 12.3. The molecule has 1 aromatic carbocycles. The van der Waals surface area contributed by atoms with Crippen LogP contribution in [0, 0.1) is 6.92 Å². The van der Waals surface area contributed by atoms with E-state index in [1.807, 2.05) is 18.2 Å². The third kappa shape index (κ3) is 6.77. The number of hydrogen-bond acceptors (Lipinski definition) is 2. The number of rotatable bonds is 8. The molecule has 0 aromatic heterocycles. The van der Waals surface area contributed by atoms with Crippen LogP contribution in [-0.2, 0) is 16.0 Å². The molecule has 0 fully saturated rings. The van der Waals surface area contributed by atoms with Gasteiger partial charge in [-0.15, -0.1) is 0 Å². The van der Waals surface area contributed by atoms with Crippen molar-refractivity contribution >= 4 is 5.97 Å². The van der Waals surface area contributed by atoms with E-state index in [0.717, 1.165) is 32.1 Å². The molecule has 0 aliphatic rings. The van der Waals surface area contributed by atoms with Gasteiger partial charge < -0.3 is 4.74 Å². The maximum absolute atomic E-state index is 11.2. The summed E-state index contributed by atoms with van der Waals surface area (Å²) >= 11 is 0. The van der Waals surface area contributed by atoms with E-state index in [1.54, 1.807) is 0 Å². The van der Waals surface area contributed by atoms with Crippen LogP contribution in [0.3, 0.4) is 0 Å². The zero-order valence-electron chi connectivity index (χ0n) is 10.4. The van der Waals surface area contributed by atoms with Crippen molar-refractivity contribution in [2.75, 3.05) is 6.61 Å². The van der Waals surface area contributed by atoms with E-state index < -0.39 is 0 Å². The van der Waals surface area contributed by atoms with E-state index in [1.165, 1.54) is 5.56 Å². The van der Waals surface area contributed by atoms with E-state index in [4.69, 9.17) is 4.74 Å². The SMILES string of the molecule is [CH2]CCCC(=O)OCCCCc1ccccc1. The lowest BCUT2D eigenvalue weighted by atomic mass is 10.1. The molecule has 93 valence electrons. The van der Waals surface area contributed by atoms with Crippen LogP contribution in [0.4, 0.5) is 0 Å². The summed E-state index contributed by atoms with van der Waals surface area (Å²) in [5.74, 6) is -0.0895. The van der Waals surface area contributed by atoms with Crippen LogP contribution in [0.1, 0.15) is 37.7 Å². The van der Waals surface area contributed by atoms with Gasteiger partial charge in [0.1, 0.15) is 0 Å². The molecule has 0 atom stereocenters. The minimum Gasteiger partial charge on any atom is -0.466 e. The van der Waals surface area contributed by atoms with E-state index in [2.05, 4.69) is 19.1 Å². The number of carbonyl (C=O) groups is 1. The lowest BCUT2D eigenvalue weighted by Gasteiger charge is -2.04. The number of unbranched alkanes of at least 4 members (excludes halogenated alkanes) is 2. The molecule has 1 aromatic rings. The van der Waals surface area contributed by atoms with Crippen molar-refractivity contribution in [2.45, 2.75) is 38.5 Å². The van der Waals surface area contributed by atoms with Gasteiger partial charge in [-0.2, -0.15) is 0 Å². The first kappa shape index (κ1) is 13.8. The fraction of sp³-hybridized carbons (Fsp3) is 0.467. The molecule has 0 spiro atoms. The largest absolute Gasteiger partial charge is 0.466 e. The molecule has 0 aliphatic heterocycles. The Morgan fingerprint density at radius 3 is 2.59 bits per heavy atom. The van der Waals surface area contributed by atoms with Crippen molar-refractivity contribution in [3.05, 3.63) is 42.8 Å². The second-order valence-corrected chi connectivity index (χ2v) is 4.12. The molecule has 0 unspecified atom stereocenters. The lowest BCUT2D eigenvalue weighted by molar-refractivity contribution is -0.143. The fourth-order valence-electron chi connectivity index (χ4n) is 1.60. The van der Waals surface area contributed by atoms with Gasteiger partial charge in [0.05, 0.1) is 6.61 Å². The van der Waals surface area contributed by atoms with Gasteiger partial charge in [-0.1, -0.05) is 43.7 Å². The Morgan fingerprint density at radius 2 is 1.88 bits per heavy atom. The predicted octanol–water partition coefficient (Wildman–Crippen LogP) is 3.56. The van der Waals surface area contributed by atoms with Crippen LogP contribution in [0.25, 0.3) is 0 Å². The summed E-state index contributed by atoms with van der Waals surface area (Å²) in [4.78, 5) is 11.2. The van der Waals surface area contributed by atoms with E-state index in [-0.39, 0.29) is 5.97 Å². The molecule has 0 N–H and O–H groups in total. The van der Waals surface area contributed by atoms with Gasteiger partial charge in [-0.3, -0.25) is 4.79 Å². The lowest BCUT2D eigenvalue weighted by Crippen LogP contribution is -2.05. The van der Waals surface area contributed by atoms with Crippen LogP contribution in [0.5, 0.6) is 0 Å². The second kappa shape index (κ2) is 8.80. The van der Waals surface area contributed by atoms with E-state index in [9.17, 15) is 4.79 Å². The smallest absolute Gasteiger partial charge is 0.305 e. The van der Waals surface area contributed by atoms with Gasteiger partial charge in [0.15, 0.2) is 0 Å². The van der Waals surface area contributed by atoms with Crippen LogP contribution >= 0.6 is 0 Å². The van der Waals surface area contributed by atoms with Gasteiger partial charge in [0, 0.05) is 6.42 Å². The molecule has 17 heavy (non-hydrogen) atoms. The first-order chi connectivity index (χ1) is 8.33. The number of ether oxygens (including phenoxy) is 1. The summed E-state index contributed by atoms with van der Waals surface area (Å²) in [5.41, 5.74) is 1.34. The van der Waals surface area contributed by atoms with Crippen LogP contribution in [0.15, 0.2) is 30.3 Å². The maximum atomic E-state index is 11.2. The van der Waals surface area contributed by atoms with Crippen molar-refractivity contribution in [3.8, 4) is 0 Å². The first-order valence-corrected chi connectivity index (χ1v) is 6.31. The molecule has 0 aliphatic carbocycles. The first-order valence-electron chi connectivity index (χ1n) is 6.31. The molecular weight excluding hydrogens is 212 g/mol. The summed E-state index contributed by atoms with van der Waals surface area (Å²) in [6.07, 6.45) is 5.17. The molecule has 0 saturated carbocycles. The molecule has 1 rings (SSSR count). The highest BCUT2D eigenvalue weighted by Crippen LogP contribution is 2.05. The minimum atomic E-state index is -0.0895. The molecule has 0 heterocycles. The molecule has 2 nitrogen and oxygen atoms in total. The number of aryl methyl sites for hydroxylation is 1. The second-order valence-electron chi connectivity index (χ2n) is 4.12. The molecule has 0 bridgehead atoms. The van der Waals surface area contributed by atoms with Crippen molar-refractivity contribution in [3.63, 3.8) is 0 Å². The standard InChI is InChI=1S/C15H21O2/c1-2-3-12-15(16)17-13-8-7-11-14-9-5-4-6-10-14/h4-6,9-10H,1-3,7-8,11-13H2. The summed E-state index contributed by atoms with van der Waals surface area (Å²) < 4.78 is 5.12. The summed E-state index contributed by atoms with van der Waals surface area (Å²) in [6.45, 7) is 4.24. The fourth-order valence-corrected chi connectivity index (χ4v) is 1.60. The summed E-state index contributed by atoms with van der Waals surface area (Å²) in [5, 5.41) is 0.